The van der Waals surface area contributed by atoms with Crippen molar-refractivity contribution < 1.29 is 34.7 Å². The minimum atomic E-state index is -0.839. The Morgan fingerprint density at radius 1 is 1.15 bits per heavy atom. The summed E-state index contributed by atoms with van der Waals surface area (Å²) in [7, 11) is 0. The van der Waals surface area contributed by atoms with Gasteiger partial charge in [-0.1, -0.05) is 17.7 Å². The van der Waals surface area contributed by atoms with Gasteiger partial charge in [0.1, 0.15) is 28.9 Å². The van der Waals surface area contributed by atoms with Gasteiger partial charge in [0.05, 0.1) is 23.3 Å². The molecule has 140 valence electrons. The van der Waals surface area contributed by atoms with Crippen LogP contribution in [-0.4, -0.2) is 50.8 Å². The molecule has 1 aromatic rings. The summed E-state index contributed by atoms with van der Waals surface area (Å²) in [6.07, 6.45) is 2.91. The molecule has 2 aliphatic rings. The number of aliphatic hydroxyl groups excluding tert-OH is 2. The van der Waals surface area contributed by atoms with Crippen molar-refractivity contribution >= 4 is 23.6 Å². The lowest BCUT2D eigenvalue weighted by Crippen LogP contribution is -2.19. The average Bonchev–Trinajstić information content (AvgIpc) is 3.26. The van der Waals surface area contributed by atoms with Crippen molar-refractivity contribution in [3.63, 3.8) is 0 Å². The van der Waals surface area contributed by atoms with Crippen LogP contribution >= 0.6 is 11.6 Å². The van der Waals surface area contributed by atoms with E-state index in [1.165, 1.54) is 12.2 Å². The molecule has 3 rings (SSSR count). The number of fused-ring (bicyclic) bond motifs is 2. The van der Waals surface area contributed by atoms with Gasteiger partial charge < -0.3 is 29.9 Å². The molecule has 2 heterocycles. The molecule has 0 aromatic heterocycles. The van der Waals surface area contributed by atoms with Crippen LogP contribution in [0.4, 0.5) is 0 Å². The van der Waals surface area contributed by atoms with Gasteiger partial charge in [-0.25, -0.2) is 4.79 Å². The van der Waals surface area contributed by atoms with Gasteiger partial charge in [0.15, 0.2) is 0 Å². The number of carbonyl (C=O) groups excluding carboxylic acids is 1. The standard InChI is InChI=1S/C18H19ClO7/c1-8-4-14-15(26-14)6-10(21)3-2-9(20)5-11-16(18(24)25-8)12(22)7-13(23)17(11)19/h2-3,5,7-8,10,14-15,20-23H,4,6H2,1H3/t8-,10-,14-,15+/m1/s1. The van der Waals surface area contributed by atoms with E-state index in [1.807, 2.05) is 0 Å². The first-order chi connectivity index (χ1) is 12.3. The smallest absolute Gasteiger partial charge is 0.342 e. The highest BCUT2D eigenvalue weighted by molar-refractivity contribution is 6.34. The number of hydrogen-bond donors (Lipinski definition) is 4. The lowest BCUT2D eigenvalue weighted by molar-refractivity contribution is 0.0306. The van der Waals surface area contributed by atoms with E-state index in [0.29, 0.717) is 12.8 Å². The molecule has 0 unspecified atom stereocenters. The molecule has 0 bridgehead atoms. The predicted octanol–water partition coefficient (Wildman–Crippen LogP) is 2.67. The predicted molar refractivity (Wildman–Crippen MR) is 93.3 cm³/mol. The van der Waals surface area contributed by atoms with Crippen LogP contribution in [0.3, 0.4) is 0 Å². The number of allylic oxidation sites excluding steroid dienone is 1. The van der Waals surface area contributed by atoms with Crippen molar-refractivity contribution in [3.05, 3.63) is 40.1 Å². The Kier molecular flexibility index (Phi) is 5.13. The van der Waals surface area contributed by atoms with Gasteiger partial charge in [0, 0.05) is 24.5 Å². The number of carbonyl (C=O) groups is 1. The number of esters is 1. The number of cyclic esters (lactones) is 1. The van der Waals surface area contributed by atoms with Crippen LogP contribution in [0.15, 0.2) is 24.0 Å². The van der Waals surface area contributed by atoms with Crippen LogP contribution in [0.1, 0.15) is 35.7 Å². The SMILES string of the molecule is C[C@@H]1C[C@H]2O[C@H]2C[C@H](O)C=CC(O)=Cc2c(Cl)c(O)cc(O)c2C(=O)O1. The third-order valence-electron chi connectivity index (χ3n) is 4.28. The summed E-state index contributed by atoms with van der Waals surface area (Å²) >= 11 is 6.04. The molecule has 1 aromatic carbocycles. The molecule has 1 saturated heterocycles. The van der Waals surface area contributed by atoms with E-state index < -0.39 is 29.7 Å². The van der Waals surface area contributed by atoms with Crippen molar-refractivity contribution in [2.24, 2.45) is 0 Å². The molecular formula is C18H19ClO7. The Balaban J connectivity index is 2.06. The number of benzene rings is 1. The Morgan fingerprint density at radius 2 is 1.85 bits per heavy atom. The third-order valence-corrected chi connectivity index (χ3v) is 4.68. The fraction of sp³-hybridized carbons (Fsp3) is 0.389. The van der Waals surface area contributed by atoms with Crippen molar-refractivity contribution in [2.45, 2.75) is 44.2 Å². The summed E-state index contributed by atoms with van der Waals surface area (Å²) in [5, 5.41) is 39.7. The summed E-state index contributed by atoms with van der Waals surface area (Å²) in [5.74, 6) is -2.15. The summed E-state index contributed by atoms with van der Waals surface area (Å²) in [5.41, 5.74) is -0.360. The number of aromatic hydroxyl groups is 2. The summed E-state index contributed by atoms with van der Waals surface area (Å²) in [6, 6.07) is 0.931. The monoisotopic (exact) mass is 382 g/mol. The van der Waals surface area contributed by atoms with Crippen LogP contribution < -0.4 is 0 Å². The molecule has 4 N–H and O–H groups in total. The molecule has 0 radical (unpaired) electrons. The Hall–Kier alpha value is -2.22. The lowest BCUT2D eigenvalue weighted by atomic mass is 10.0. The van der Waals surface area contributed by atoms with Crippen molar-refractivity contribution in [1.29, 1.82) is 0 Å². The summed E-state index contributed by atoms with van der Waals surface area (Å²) in [6.45, 7) is 1.69. The van der Waals surface area contributed by atoms with Crippen molar-refractivity contribution in [1.82, 2.24) is 0 Å². The van der Waals surface area contributed by atoms with E-state index >= 15 is 0 Å². The van der Waals surface area contributed by atoms with Gasteiger partial charge in [-0.2, -0.15) is 0 Å². The minimum Gasteiger partial charge on any atom is -0.508 e. The van der Waals surface area contributed by atoms with Crippen LogP contribution in [0, 0.1) is 0 Å². The van der Waals surface area contributed by atoms with Crippen molar-refractivity contribution in [2.75, 3.05) is 0 Å². The highest BCUT2D eigenvalue weighted by Crippen LogP contribution is 2.38. The summed E-state index contributed by atoms with van der Waals surface area (Å²) in [4.78, 5) is 12.5. The number of rotatable bonds is 0. The normalized spacial score (nSPS) is 29.0. The van der Waals surface area contributed by atoms with Crippen LogP contribution in [0.25, 0.3) is 6.08 Å². The molecule has 0 saturated carbocycles. The number of halogens is 1. The Labute approximate surface area is 154 Å². The highest BCUT2D eigenvalue weighted by Gasteiger charge is 2.41. The van der Waals surface area contributed by atoms with E-state index in [-0.39, 0.29) is 34.1 Å². The molecule has 1 fully saturated rings. The van der Waals surface area contributed by atoms with E-state index in [2.05, 4.69) is 0 Å². The number of phenolic OH excluding ortho intramolecular Hbond substituents is 2. The largest absolute Gasteiger partial charge is 0.508 e. The minimum absolute atomic E-state index is 0.0874. The fourth-order valence-electron chi connectivity index (χ4n) is 2.93. The molecular weight excluding hydrogens is 364 g/mol. The maximum atomic E-state index is 12.5. The molecule has 8 heteroatoms. The summed E-state index contributed by atoms with van der Waals surface area (Å²) < 4.78 is 10.8. The van der Waals surface area contributed by atoms with Gasteiger partial charge in [0.2, 0.25) is 0 Å². The second-order valence-corrected chi connectivity index (χ2v) is 6.79. The zero-order valence-corrected chi connectivity index (χ0v) is 14.7. The maximum absolute atomic E-state index is 12.5. The first-order valence-electron chi connectivity index (χ1n) is 8.14. The van der Waals surface area contributed by atoms with Gasteiger partial charge in [-0.05, 0) is 19.1 Å². The van der Waals surface area contributed by atoms with Gasteiger partial charge in [-0.15, -0.1) is 0 Å². The quantitative estimate of drug-likeness (QED) is 0.402. The number of hydrogen-bond acceptors (Lipinski definition) is 7. The highest BCUT2D eigenvalue weighted by atomic mass is 35.5. The van der Waals surface area contributed by atoms with E-state index in [1.54, 1.807) is 6.92 Å². The average molecular weight is 383 g/mol. The number of aliphatic hydroxyl groups is 2. The second kappa shape index (κ2) is 7.19. The van der Waals surface area contributed by atoms with Gasteiger partial charge in [0.25, 0.3) is 0 Å². The molecule has 0 amide bonds. The molecule has 2 aliphatic heterocycles. The van der Waals surface area contributed by atoms with Crippen LogP contribution in [0.2, 0.25) is 5.02 Å². The number of phenols is 2. The van der Waals surface area contributed by atoms with E-state index in [9.17, 15) is 25.2 Å². The first kappa shape index (κ1) is 18.6. The number of epoxide rings is 1. The van der Waals surface area contributed by atoms with Crippen LogP contribution in [-0.2, 0) is 9.47 Å². The van der Waals surface area contributed by atoms with Crippen molar-refractivity contribution in [3.8, 4) is 11.5 Å². The van der Waals surface area contributed by atoms with Gasteiger partial charge in [-0.3, -0.25) is 0 Å². The topological polar surface area (TPSA) is 120 Å². The molecule has 26 heavy (non-hydrogen) atoms. The lowest BCUT2D eigenvalue weighted by Gasteiger charge is -2.16. The maximum Gasteiger partial charge on any atom is 0.342 e. The second-order valence-electron chi connectivity index (χ2n) is 6.41. The molecule has 0 spiro atoms. The van der Waals surface area contributed by atoms with Gasteiger partial charge >= 0.3 is 5.97 Å². The Bertz CT molecular complexity index is 786. The third kappa shape index (κ3) is 3.95. The first-order valence-corrected chi connectivity index (χ1v) is 8.52. The molecule has 7 nitrogen and oxygen atoms in total. The fourth-order valence-corrected chi connectivity index (χ4v) is 3.14. The van der Waals surface area contributed by atoms with E-state index in [4.69, 9.17) is 21.1 Å². The number of ether oxygens (including phenoxy) is 2. The molecule has 4 atom stereocenters. The Morgan fingerprint density at radius 3 is 2.58 bits per heavy atom. The molecule has 0 aliphatic carbocycles. The zero-order chi connectivity index (χ0) is 19.0. The van der Waals surface area contributed by atoms with E-state index in [0.717, 1.165) is 12.1 Å². The van der Waals surface area contributed by atoms with Crippen LogP contribution in [0.5, 0.6) is 11.5 Å². The zero-order valence-electron chi connectivity index (χ0n) is 13.9.